The molecule has 0 amide bonds. The number of hydrogen-bond acceptors (Lipinski definition) is 5. The van der Waals surface area contributed by atoms with E-state index in [0.29, 0.717) is 11.1 Å². The lowest BCUT2D eigenvalue weighted by Crippen LogP contribution is -2.21. The van der Waals surface area contributed by atoms with Gasteiger partial charge in [0.15, 0.2) is 5.78 Å². The molecule has 0 radical (unpaired) electrons. The summed E-state index contributed by atoms with van der Waals surface area (Å²) in [4.78, 5) is 25.3. The minimum Gasteiger partial charge on any atom is -0.352 e. The van der Waals surface area contributed by atoms with Crippen molar-refractivity contribution in [2.24, 2.45) is 5.14 Å². The number of ketones is 2. The smallest absolute Gasteiger partial charge is 0.210 e. The van der Waals surface area contributed by atoms with Gasteiger partial charge in [0.05, 0.1) is 5.70 Å². The molecule has 0 aromatic heterocycles. The van der Waals surface area contributed by atoms with Gasteiger partial charge in [-0.2, -0.15) is 0 Å². The number of anilines is 1. The molecule has 0 fully saturated rings. The molecule has 0 spiro atoms. The molecule has 0 bridgehead atoms. The number of allylic oxidation sites excluding steroid dienone is 2. The fourth-order valence-electron chi connectivity index (χ4n) is 2.18. The van der Waals surface area contributed by atoms with Gasteiger partial charge in [-0.25, -0.2) is 0 Å². The van der Waals surface area contributed by atoms with Gasteiger partial charge in [-0.3, -0.25) is 14.7 Å². The van der Waals surface area contributed by atoms with Crippen LogP contribution in [0.3, 0.4) is 0 Å². The first kappa shape index (κ1) is 13.6. The number of fused-ring (bicyclic) bond motifs is 1. The minimum atomic E-state index is -0.178. The van der Waals surface area contributed by atoms with Crippen molar-refractivity contribution < 1.29 is 9.59 Å². The van der Waals surface area contributed by atoms with Gasteiger partial charge in [0, 0.05) is 27.8 Å². The number of benzene rings is 2. The Morgan fingerprint density at radius 1 is 0.905 bits per heavy atom. The Labute approximate surface area is 126 Å². The number of carbonyl (C=O) groups is 2. The first-order chi connectivity index (χ1) is 10.2. The van der Waals surface area contributed by atoms with Crippen LogP contribution >= 0.6 is 11.9 Å². The van der Waals surface area contributed by atoms with Crippen LogP contribution in [0.2, 0.25) is 0 Å². The van der Waals surface area contributed by atoms with Gasteiger partial charge in [-0.1, -0.05) is 24.3 Å². The molecule has 0 saturated carbocycles. The molecule has 0 heterocycles. The van der Waals surface area contributed by atoms with Crippen LogP contribution in [-0.4, -0.2) is 11.6 Å². The number of nitrogens with one attached hydrogen (secondary N) is 1. The van der Waals surface area contributed by atoms with Crippen molar-refractivity contribution >= 4 is 29.2 Å². The monoisotopic (exact) mass is 296 g/mol. The van der Waals surface area contributed by atoms with E-state index in [1.165, 1.54) is 6.08 Å². The lowest BCUT2D eigenvalue weighted by atomic mass is 9.92. The Kier molecular flexibility index (Phi) is 3.60. The summed E-state index contributed by atoms with van der Waals surface area (Å²) in [6.07, 6.45) is 1.34. The summed E-state index contributed by atoms with van der Waals surface area (Å²) in [6.45, 7) is 0. The van der Waals surface area contributed by atoms with Gasteiger partial charge in [0.1, 0.15) is 0 Å². The van der Waals surface area contributed by atoms with Crippen LogP contribution in [-0.2, 0) is 0 Å². The third-order valence-corrected chi connectivity index (χ3v) is 3.77. The van der Waals surface area contributed by atoms with Crippen molar-refractivity contribution in [3.63, 3.8) is 0 Å². The molecule has 1 aliphatic rings. The molecule has 0 unspecified atom stereocenters. The third-order valence-electron chi connectivity index (χ3n) is 3.23. The van der Waals surface area contributed by atoms with E-state index < -0.39 is 0 Å². The van der Waals surface area contributed by atoms with Gasteiger partial charge < -0.3 is 5.32 Å². The van der Waals surface area contributed by atoms with Gasteiger partial charge >= 0.3 is 0 Å². The van der Waals surface area contributed by atoms with Crippen molar-refractivity contribution in [2.45, 2.75) is 4.90 Å². The summed E-state index contributed by atoms with van der Waals surface area (Å²) in [5, 5.41) is 8.46. The van der Waals surface area contributed by atoms with E-state index in [1.54, 1.807) is 24.3 Å². The maximum atomic E-state index is 12.4. The first-order valence-corrected chi connectivity index (χ1v) is 7.20. The standard InChI is InChI=1S/C16H12N2O2S/c17-21-11-7-5-10(6-8-11)18-14-9-15(19)12-3-1-2-4-13(12)16(14)20/h1-9,18H,17H2. The zero-order valence-electron chi connectivity index (χ0n) is 11.0. The normalized spacial score (nSPS) is 13.7. The summed E-state index contributed by atoms with van der Waals surface area (Å²) in [6, 6.07) is 14.1. The molecule has 0 aliphatic heterocycles. The molecule has 2 aromatic rings. The van der Waals surface area contributed by atoms with Crippen molar-refractivity contribution in [1.29, 1.82) is 0 Å². The van der Waals surface area contributed by atoms with Gasteiger partial charge in [0.25, 0.3) is 0 Å². The topological polar surface area (TPSA) is 72.2 Å². The number of hydrogen-bond donors (Lipinski definition) is 2. The maximum absolute atomic E-state index is 12.4. The highest BCUT2D eigenvalue weighted by atomic mass is 32.2. The molecule has 2 aromatic carbocycles. The lowest BCUT2D eigenvalue weighted by Gasteiger charge is -2.16. The molecule has 0 saturated heterocycles. The molecule has 3 rings (SSSR count). The first-order valence-electron chi connectivity index (χ1n) is 6.32. The fourth-order valence-corrected chi connectivity index (χ4v) is 2.47. The molecule has 0 atom stereocenters. The van der Waals surface area contributed by atoms with Crippen LogP contribution in [0, 0.1) is 0 Å². The summed E-state index contributed by atoms with van der Waals surface area (Å²) in [5.41, 5.74) is 1.90. The predicted molar refractivity (Wildman–Crippen MR) is 83.3 cm³/mol. The maximum Gasteiger partial charge on any atom is 0.210 e. The fraction of sp³-hybridized carbons (Fsp3) is 0. The number of Topliss-reactive ketones (excluding diaryl/α,β-unsaturated/α-hetero) is 1. The van der Waals surface area contributed by atoms with Crippen LogP contribution < -0.4 is 10.5 Å². The summed E-state index contributed by atoms with van der Waals surface area (Å²) < 4.78 is 0. The van der Waals surface area contributed by atoms with Crippen LogP contribution in [0.1, 0.15) is 20.7 Å². The highest BCUT2D eigenvalue weighted by Gasteiger charge is 2.24. The largest absolute Gasteiger partial charge is 0.352 e. The van der Waals surface area contributed by atoms with Crippen molar-refractivity contribution in [2.75, 3.05) is 5.32 Å². The van der Waals surface area contributed by atoms with Gasteiger partial charge in [-0.15, -0.1) is 0 Å². The van der Waals surface area contributed by atoms with E-state index in [2.05, 4.69) is 5.32 Å². The predicted octanol–water partition coefficient (Wildman–Crippen LogP) is 3.03. The second-order valence-corrected chi connectivity index (χ2v) is 5.27. The van der Waals surface area contributed by atoms with Gasteiger partial charge in [0.2, 0.25) is 5.78 Å². The molecule has 21 heavy (non-hydrogen) atoms. The minimum absolute atomic E-state index is 0.165. The molecular weight excluding hydrogens is 284 g/mol. The quantitative estimate of drug-likeness (QED) is 0.852. The molecular formula is C16H12N2O2S. The second-order valence-electron chi connectivity index (χ2n) is 4.56. The average Bonchev–Trinajstić information content (AvgIpc) is 2.53. The third kappa shape index (κ3) is 2.61. The van der Waals surface area contributed by atoms with Crippen LogP contribution in [0.15, 0.2) is 65.2 Å². The van der Waals surface area contributed by atoms with Crippen LogP contribution in [0.4, 0.5) is 5.69 Å². The van der Waals surface area contributed by atoms with Crippen molar-refractivity contribution in [3.05, 3.63) is 71.4 Å². The van der Waals surface area contributed by atoms with E-state index in [-0.39, 0.29) is 17.3 Å². The molecule has 3 N–H and O–H groups in total. The zero-order valence-corrected chi connectivity index (χ0v) is 11.8. The Morgan fingerprint density at radius 2 is 1.57 bits per heavy atom. The van der Waals surface area contributed by atoms with E-state index in [1.807, 2.05) is 24.3 Å². The highest BCUT2D eigenvalue weighted by Crippen LogP contribution is 2.23. The Bertz CT molecular complexity index is 751. The molecule has 104 valence electrons. The van der Waals surface area contributed by atoms with E-state index in [9.17, 15) is 9.59 Å². The van der Waals surface area contributed by atoms with E-state index in [0.717, 1.165) is 22.5 Å². The van der Waals surface area contributed by atoms with Crippen molar-refractivity contribution in [3.8, 4) is 0 Å². The number of carbonyl (C=O) groups excluding carboxylic acids is 2. The number of nitrogens with two attached hydrogens (primary N) is 1. The highest BCUT2D eigenvalue weighted by molar-refractivity contribution is 7.97. The molecule has 4 nitrogen and oxygen atoms in total. The molecule has 1 aliphatic carbocycles. The summed E-state index contributed by atoms with van der Waals surface area (Å²) >= 11 is 1.15. The van der Waals surface area contributed by atoms with Crippen LogP contribution in [0.5, 0.6) is 0 Å². The zero-order chi connectivity index (χ0) is 14.8. The second kappa shape index (κ2) is 5.55. The Hall–Kier alpha value is -2.37. The summed E-state index contributed by atoms with van der Waals surface area (Å²) in [5.74, 6) is -0.343. The lowest BCUT2D eigenvalue weighted by molar-refractivity contribution is 0.0985. The molecule has 5 heteroatoms. The SMILES string of the molecule is NSc1ccc(NC2=CC(=O)c3ccccc3C2=O)cc1. The average molecular weight is 296 g/mol. The Balaban J connectivity index is 1.89. The van der Waals surface area contributed by atoms with E-state index >= 15 is 0 Å². The Morgan fingerprint density at radius 3 is 2.24 bits per heavy atom. The summed E-state index contributed by atoms with van der Waals surface area (Å²) in [7, 11) is 0. The van der Waals surface area contributed by atoms with Gasteiger partial charge in [-0.05, 0) is 36.2 Å². The van der Waals surface area contributed by atoms with Crippen molar-refractivity contribution in [1.82, 2.24) is 0 Å². The number of rotatable bonds is 3. The van der Waals surface area contributed by atoms with Crippen LogP contribution in [0.25, 0.3) is 0 Å². The van der Waals surface area contributed by atoms with E-state index in [4.69, 9.17) is 5.14 Å².